The first kappa shape index (κ1) is 18.6. The second-order valence-electron chi connectivity index (χ2n) is 6.22. The molecule has 0 spiro atoms. The van der Waals surface area contributed by atoms with E-state index in [0.717, 1.165) is 16.2 Å². The summed E-state index contributed by atoms with van der Waals surface area (Å²) < 4.78 is 5.19. The molecule has 0 unspecified atom stereocenters. The zero-order valence-electron chi connectivity index (χ0n) is 15.4. The normalized spacial score (nSPS) is 10.8. The Balaban J connectivity index is 1.51. The predicted molar refractivity (Wildman–Crippen MR) is 110 cm³/mol. The van der Waals surface area contributed by atoms with Crippen LogP contribution in [0.15, 0.2) is 48.8 Å². The van der Waals surface area contributed by atoms with Gasteiger partial charge in [0.15, 0.2) is 5.65 Å². The molecular weight excluding hydrogens is 390 g/mol. The van der Waals surface area contributed by atoms with Crippen molar-refractivity contribution in [3.63, 3.8) is 0 Å². The molecular formula is C20H17N5O3S. The second kappa shape index (κ2) is 7.72. The number of methoxy groups -OCH3 is 1. The molecule has 0 aliphatic carbocycles. The lowest BCUT2D eigenvalue weighted by Crippen LogP contribution is -2.21. The molecule has 3 heterocycles. The maximum atomic E-state index is 12.5. The van der Waals surface area contributed by atoms with Gasteiger partial charge in [0.1, 0.15) is 11.3 Å². The number of rotatable bonds is 6. The van der Waals surface area contributed by atoms with Crippen molar-refractivity contribution in [2.24, 2.45) is 5.73 Å². The van der Waals surface area contributed by atoms with Crippen LogP contribution in [0.2, 0.25) is 0 Å². The van der Waals surface area contributed by atoms with Crippen molar-refractivity contribution in [1.29, 1.82) is 0 Å². The Hall–Kier alpha value is -3.72. The number of thiophene rings is 1. The van der Waals surface area contributed by atoms with Gasteiger partial charge in [-0.05, 0) is 29.8 Å². The van der Waals surface area contributed by atoms with Crippen molar-refractivity contribution in [3.05, 3.63) is 64.8 Å². The van der Waals surface area contributed by atoms with E-state index in [9.17, 15) is 9.59 Å². The molecule has 0 atom stereocenters. The summed E-state index contributed by atoms with van der Waals surface area (Å²) in [4.78, 5) is 37.0. The minimum absolute atomic E-state index is 0.183. The van der Waals surface area contributed by atoms with E-state index in [0.29, 0.717) is 28.3 Å². The number of fused-ring (bicyclic) bond motifs is 1. The van der Waals surface area contributed by atoms with Crippen LogP contribution in [0.1, 0.15) is 25.6 Å². The van der Waals surface area contributed by atoms with Crippen LogP contribution in [0.25, 0.3) is 21.7 Å². The lowest BCUT2D eigenvalue weighted by molar-refractivity contribution is 0.0953. The molecule has 0 saturated carbocycles. The number of nitrogens with zero attached hydrogens (tertiary/aromatic N) is 2. The summed E-state index contributed by atoms with van der Waals surface area (Å²) in [5.74, 6) is -0.0201. The second-order valence-corrected chi connectivity index (χ2v) is 7.30. The first-order valence-corrected chi connectivity index (χ1v) is 9.52. The molecule has 29 heavy (non-hydrogen) atoms. The van der Waals surface area contributed by atoms with Crippen LogP contribution in [-0.2, 0) is 6.54 Å². The van der Waals surface area contributed by atoms with Crippen LogP contribution >= 0.6 is 11.3 Å². The molecule has 0 fully saturated rings. The lowest BCUT2D eigenvalue weighted by Gasteiger charge is -2.06. The van der Waals surface area contributed by atoms with Gasteiger partial charge in [0, 0.05) is 12.7 Å². The Kier molecular flexibility index (Phi) is 4.96. The van der Waals surface area contributed by atoms with Gasteiger partial charge in [0.25, 0.3) is 11.8 Å². The van der Waals surface area contributed by atoms with Crippen LogP contribution in [0, 0.1) is 0 Å². The van der Waals surface area contributed by atoms with Gasteiger partial charge in [-0.15, -0.1) is 11.3 Å². The summed E-state index contributed by atoms with van der Waals surface area (Å²) in [5, 5.41) is 2.89. The summed E-state index contributed by atoms with van der Waals surface area (Å²) in [6, 6.07) is 11.1. The Bertz CT molecular complexity index is 1210. The van der Waals surface area contributed by atoms with Gasteiger partial charge in [0.2, 0.25) is 0 Å². The first-order valence-electron chi connectivity index (χ1n) is 8.70. The summed E-state index contributed by atoms with van der Waals surface area (Å²) >= 11 is 1.30. The molecule has 4 N–H and O–H groups in total. The topological polar surface area (TPSA) is 123 Å². The molecule has 8 nitrogen and oxygen atoms in total. The van der Waals surface area contributed by atoms with Crippen LogP contribution in [0.4, 0.5) is 0 Å². The monoisotopic (exact) mass is 407 g/mol. The van der Waals surface area contributed by atoms with Gasteiger partial charge in [-0.25, -0.2) is 9.97 Å². The van der Waals surface area contributed by atoms with E-state index in [1.165, 1.54) is 17.5 Å². The fourth-order valence-electron chi connectivity index (χ4n) is 2.85. The van der Waals surface area contributed by atoms with Crippen LogP contribution < -0.4 is 15.8 Å². The molecule has 0 bridgehead atoms. The summed E-state index contributed by atoms with van der Waals surface area (Å²) in [6.45, 7) is 0.389. The number of hydrogen-bond acceptors (Lipinski definition) is 6. The van der Waals surface area contributed by atoms with Gasteiger partial charge in [-0.2, -0.15) is 0 Å². The van der Waals surface area contributed by atoms with E-state index >= 15 is 0 Å². The van der Waals surface area contributed by atoms with Crippen LogP contribution in [0.3, 0.4) is 0 Å². The maximum absolute atomic E-state index is 12.5. The van der Waals surface area contributed by atoms with E-state index in [1.807, 2.05) is 24.3 Å². The highest BCUT2D eigenvalue weighted by atomic mass is 32.1. The zero-order valence-corrected chi connectivity index (χ0v) is 16.2. The number of aromatic nitrogens is 3. The van der Waals surface area contributed by atoms with Crippen LogP contribution in [-0.4, -0.2) is 33.9 Å². The molecule has 2 amide bonds. The molecule has 0 radical (unpaired) electrons. The van der Waals surface area contributed by atoms with Gasteiger partial charge in [-0.1, -0.05) is 12.1 Å². The number of benzene rings is 1. The van der Waals surface area contributed by atoms with Gasteiger partial charge in [0.05, 0.1) is 34.3 Å². The average Bonchev–Trinajstić information content (AvgIpc) is 3.39. The number of carbonyl (C=O) groups is 2. The highest BCUT2D eigenvalue weighted by Crippen LogP contribution is 2.28. The minimum atomic E-state index is -0.577. The molecule has 4 rings (SSSR count). The molecule has 4 aromatic rings. The Labute approximate surface area is 169 Å². The Morgan fingerprint density at radius 1 is 1.28 bits per heavy atom. The molecule has 9 heteroatoms. The van der Waals surface area contributed by atoms with Crippen molar-refractivity contribution >= 4 is 34.3 Å². The standard InChI is InChI=1S/C20H17N5O3S/c1-28-12-4-2-3-11(7-12)8-24-20(27)16-6-5-15(29-16)14-10-23-19-17(25-14)13(9-22-19)18(21)26/h2-7,9-10H,8H2,1H3,(H2,21,26)(H,22,23)(H,24,27). The van der Waals surface area contributed by atoms with Crippen molar-refractivity contribution in [2.45, 2.75) is 6.54 Å². The van der Waals surface area contributed by atoms with Gasteiger partial charge in [-0.3, -0.25) is 9.59 Å². The number of amides is 2. The van der Waals surface area contributed by atoms with E-state index < -0.39 is 5.91 Å². The Morgan fingerprint density at radius 2 is 2.14 bits per heavy atom. The number of primary amides is 1. The lowest BCUT2D eigenvalue weighted by atomic mass is 10.2. The van der Waals surface area contributed by atoms with Crippen LogP contribution in [0.5, 0.6) is 5.75 Å². The fourth-order valence-corrected chi connectivity index (χ4v) is 3.72. The van der Waals surface area contributed by atoms with E-state index in [2.05, 4.69) is 20.3 Å². The molecule has 0 aliphatic rings. The van der Waals surface area contributed by atoms with Gasteiger partial charge >= 0.3 is 0 Å². The fraction of sp³-hybridized carbons (Fsp3) is 0.100. The number of ether oxygens (including phenoxy) is 1. The van der Waals surface area contributed by atoms with E-state index in [4.69, 9.17) is 10.5 Å². The average molecular weight is 407 g/mol. The molecule has 146 valence electrons. The van der Waals surface area contributed by atoms with Gasteiger partial charge < -0.3 is 20.8 Å². The smallest absolute Gasteiger partial charge is 0.261 e. The summed E-state index contributed by atoms with van der Waals surface area (Å²) in [7, 11) is 1.60. The number of nitrogens with one attached hydrogen (secondary N) is 2. The van der Waals surface area contributed by atoms with Crippen molar-refractivity contribution in [3.8, 4) is 16.3 Å². The third-order valence-electron chi connectivity index (χ3n) is 4.32. The highest BCUT2D eigenvalue weighted by molar-refractivity contribution is 7.17. The summed E-state index contributed by atoms with van der Waals surface area (Å²) in [6.07, 6.45) is 3.08. The Morgan fingerprint density at radius 3 is 2.93 bits per heavy atom. The number of carbonyl (C=O) groups excluding carboxylic acids is 2. The number of nitrogens with two attached hydrogens (primary N) is 1. The molecule has 3 aromatic heterocycles. The SMILES string of the molecule is COc1cccc(CNC(=O)c2ccc(-c3cnc4[nH]cc(C(N)=O)c4n3)s2)c1. The highest BCUT2D eigenvalue weighted by Gasteiger charge is 2.15. The van der Waals surface area contributed by atoms with E-state index in [1.54, 1.807) is 25.4 Å². The van der Waals surface area contributed by atoms with Crippen molar-refractivity contribution < 1.29 is 14.3 Å². The quantitative estimate of drug-likeness (QED) is 0.453. The molecule has 0 aliphatic heterocycles. The number of H-pyrrole nitrogens is 1. The largest absolute Gasteiger partial charge is 0.497 e. The van der Waals surface area contributed by atoms with Crippen molar-refractivity contribution in [2.75, 3.05) is 7.11 Å². The number of aromatic amines is 1. The third-order valence-corrected chi connectivity index (χ3v) is 5.42. The van der Waals surface area contributed by atoms with E-state index in [-0.39, 0.29) is 11.5 Å². The van der Waals surface area contributed by atoms with Crippen molar-refractivity contribution in [1.82, 2.24) is 20.3 Å². The predicted octanol–water partition coefficient (Wildman–Crippen LogP) is 2.72. The molecule has 1 aromatic carbocycles. The zero-order chi connectivity index (χ0) is 20.4. The first-order chi connectivity index (χ1) is 14.0. The molecule has 0 saturated heterocycles. The maximum Gasteiger partial charge on any atom is 0.261 e. The summed E-state index contributed by atoms with van der Waals surface area (Å²) in [5.41, 5.74) is 8.05. The minimum Gasteiger partial charge on any atom is -0.497 e. The number of hydrogen-bond donors (Lipinski definition) is 3. The third kappa shape index (κ3) is 3.81.